The van der Waals surface area contributed by atoms with Crippen LogP contribution in [0, 0.1) is 0 Å². The Balaban J connectivity index is 1.63. The van der Waals surface area contributed by atoms with Crippen LogP contribution >= 0.6 is 0 Å². The molecule has 0 fully saturated rings. The Kier molecular flexibility index (Phi) is 4.01. The molecule has 0 unspecified atom stereocenters. The molecular formula is C19H19N3O2. The molecule has 0 saturated carbocycles. The third kappa shape index (κ3) is 2.90. The lowest BCUT2D eigenvalue weighted by atomic mass is 10.00. The highest BCUT2D eigenvalue weighted by Crippen LogP contribution is 2.26. The van der Waals surface area contributed by atoms with Gasteiger partial charge in [-0.15, -0.1) is 0 Å². The third-order valence-corrected chi connectivity index (χ3v) is 4.37. The highest BCUT2D eigenvalue weighted by Gasteiger charge is 2.14. The minimum atomic E-state index is 0.556. The molecule has 3 aromatic rings. The van der Waals surface area contributed by atoms with Crippen LogP contribution in [0.4, 0.5) is 0 Å². The maximum atomic E-state index is 5.48. The summed E-state index contributed by atoms with van der Waals surface area (Å²) < 4.78 is 10.6. The van der Waals surface area contributed by atoms with Crippen LogP contribution in [0.25, 0.3) is 22.8 Å². The summed E-state index contributed by atoms with van der Waals surface area (Å²) in [6.45, 7) is 2.05. The number of hydrogen-bond donors (Lipinski definition) is 1. The van der Waals surface area contributed by atoms with Crippen molar-refractivity contribution in [3.63, 3.8) is 0 Å². The molecule has 0 spiro atoms. The van der Waals surface area contributed by atoms with Gasteiger partial charge in [0.05, 0.1) is 7.11 Å². The number of fused-ring (bicyclic) bond motifs is 1. The first-order valence-electron chi connectivity index (χ1n) is 8.14. The SMILES string of the molecule is COc1ccc(-c2noc(-c3ccc4c(c3)CCNCC4)n2)cc1. The van der Waals surface area contributed by atoms with E-state index in [1.807, 2.05) is 24.3 Å². The van der Waals surface area contributed by atoms with Crippen molar-refractivity contribution in [2.24, 2.45) is 0 Å². The Hall–Kier alpha value is -2.66. The molecule has 4 rings (SSSR count). The maximum Gasteiger partial charge on any atom is 0.258 e. The second-order valence-corrected chi connectivity index (χ2v) is 5.89. The van der Waals surface area contributed by atoms with Crippen molar-refractivity contribution in [3.8, 4) is 28.6 Å². The van der Waals surface area contributed by atoms with Crippen LogP contribution in [0.5, 0.6) is 5.75 Å². The predicted molar refractivity (Wildman–Crippen MR) is 92.0 cm³/mol. The Morgan fingerprint density at radius 2 is 1.71 bits per heavy atom. The van der Waals surface area contributed by atoms with E-state index < -0.39 is 0 Å². The highest BCUT2D eigenvalue weighted by molar-refractivity contribution is 5.61. The van der Waals surface area contributed by atoms with Crippen molar-refractivity contribution < 1.29 is 9.26 Å². The van der Waals surface area contributed by atoms with E-state index in [1.54, 1.807) is 7.11 Å². The molecule has 0 bridgehead atoms. The van der Waals surface area contributed by atoms with E-state index >= 15 is 0 Å². The van der Waals surface area contributed by atoms with Crippen LogP contribution < -0.4 is 10.1 Å². The minimum Gasteiger partial charge on any atom is -0.497 e. The Morgan fingerprint density at radius 3 is 2.50 bits per heavy atom. The van der Waals surface area contributed by atoms with Gasteiger partial charge in [0.25, 0.3) is 5.89 Å². The standard InChI is InChI=1S/C19H19N3O2/c1-23-17-6-4-14(5-7-17)18-21-19(24-22-18)16-3-2-13-8-10-20-11-9-15(13)12-16/h2-7,12,20H,8-11H2,1H3. The molecule has 0 radical (unpaired) electrons. The molecule has 1 aliphatic rings. The lowest BCUT2D eigenvalue weighted by molar-refractivity contribution is 0.415. The molecule has 1 N–H and O–H groups in total. The molecule has 0 amide bonds. The van der Waals surface area contributed by atoms with Crippen LogP contribution in [-0.4, -0.2) is 30.3 Å². The number of methoxy groups -OCH3 is 1. The monoisotopic (exact) mass is 321 g/mol. The molecule has 5 nitrogen and oxygen atoms in total. The van der Waals surface area contributed by atoms with Gasteiger partial charge in [-0.3, -0.25) is 0 Å². The molecular weight excluding hydrogens is 302 g/mol. The van der Waals surface area contributed by atoms with Gasteiger partial charge in [0.2, 0.25) is 5.82 Å². The van der Waals surface area contributed by atoms with Gasteiger partial charge < -0.3 is 14.6 Å². The van der Waals surface area contributed by atoms with E-state index in [-0.39, 0.29) is 0 Å². The van der Waals surface area contributed by atoms with Crippen LogP contribution in [0.1, 0.15) is 11.1 Å². The van der Waals surface area contributed by atoms with Crippen LogP contribution in [0.2, 0.25) is 0 Å². The highest BCUT2D eigenvalue weighted by atomic mass is 16.5. The Bertz CT molecular complexity index is 840. The van der Waals surface area contributed by atoms with Crippen LogP contribution in [0.15, 0.2) is 47.0 Å². The molecule has 1 aromatic heterocycles. The Morgan fingerprint density at radius 1 is 0.958 bits per heavy atom. The van der Waals surface area contributed by atoms with Gasteiger partial charge in [0.15, 0.2) is 0 Å². The molecule has 1 aliphatic heterocycles. The fourth-order valence-corrected chi connectivity index (χ4v) is 3.00. The number of nitrogens with zero attached hydrogens (tertiary/aromatic N) is 2. The fraction of sp³-hybridized carbons (Fsp3) is 0.263. The zero-order valence-corrected chi connectivity index (χ0v) is 13.6. The smallest absolute Gasteiger partial charge is 0.258 e. The second-order valence-electron chi connectivity index (χ2n) is 5.89. The zero-order chi connectivity index (χ0) is 16.4. The van der Waals surface area contributed by atoms with E-state index in [9.17, 15) is 0 Å². The van der Waals surface area contributed by atoms with Crippen molar-refractivity contribution in [3.05, 3.63) is 53.6 Å². The van der Waals surface area contributed by atoms with Crippen molar-refractivity contribution in [1.29, 1.82) is 0 Å². The molecule has 5 heteroatoms. The lowest BCUT2D eigenvalue weighted by Crippen LogP contribution is -2.16. The number of aromatic nitrogens is 2. The van der Waals surface area contributed by atoms with Gasteiger partial charge in [-0.25, -0.2) is 0 Å². The maximum absolute atomic E-state index is 5.48. The summed E-state index contributed by atoms with van der Waals surface area (Å²) in [7, 11) is 1.65. The van der Waals surface area contributed by atoms with E-state index in [0.717, 1.165) is 42.8 Å². The first-order chi connectivity index (χ1) is 11.8. The number of nitrogens with one attached hydrogen (secondary N) is 1. The average Bonchev–Trinajstić information content (AvgIpc) is 3.01. The molecule has 122 valence electrons. The summed E-state index contributed by atoms with van der Waals surface area (Å²) in [5.74, 6) is 1.95. The van der Waals surface area contributed by atoms with Gasteiger partial charge in [0.1, 0.15) is 5.75 Å². The topological polar surface area (TPSA) is 60.2 Å². The van der Waals surface area contributed by atoms with Crippen LogP contribution in [-0.2, 0) is 12.8 Å². The Labute approximate surface area is 140 Å². The summed E-state index contributed by atoms with van der Waals surface area (Å²) >= 11 is 0. The summed E-state index contributed by atoms with van der Waals surface area (Å²) in [5, 5.41) is 7.54. The normalized spacial score (nSPS) is 14.0. The van der Waals surface area contributed by atoms with Gasteiger partial charge in [0, 0.05) is 11.1 Å². The summed E-state index contributed by atoms with van der Waals surface area (Å²) in [6.07, 6.45) is 2.10. The summed E-state index contributed by atoms with van der Waals surface area (Å²) in [6, 6.07) is 14.0. The van der Waals surface area contributed by atoms with Crippen molar-refractivity contribution in [1.82, 2.24) is 15.5 Å². The number of hydrogen-bond acceptors (Lipinski definition) is 5. The van der Waals surface area contributed by atoms with E-state index in [0.29, 0.717) is 11.7 Å². The zero-order valence-electron chi connectivity index (χ0n) is 13.6. The number of benzene rings is 2. The average molecular weight is 321 g/mol. The van der Waals surface area contributed by atoms with E-state index in [2.05, 4.69) is 33.7 Å². The van der Waals surface area contributed by atoms with E-state index in [4.69, 9.17) is 9.26 Å². The van der Waals surface area contributed by atoms with Gasteiger partial charge in [-0.1, -0.05) is 11.2 Å². The van der Waals surface area contributed by atoms with Crippen molar-refractivity contribution >= 4 is 0 Å². The predicted octanol–water partition coefficient (Wildman–Crippen LogP) is 3.10. The lowest BCUT2D eigenvalue weighted by Gasteiger charge is -2.05. The number of rotatable bonds is 3. The quantitative estimate of drug-likeness (QED) is 0.803. The fourth-order valence-electron chi connectivity index (χ4n) is 3.00. The summed E-state index contributed by atoms with van der Waals surface area (Å²) in [5.41, 5.74) is 4.65. The summed E-state index contributed by atoms with van der Waals surface area (Å²) in [4.78, 5) is 4.54. The first kappa shape index (κ1) is 14.9. The molecule has 0 saturated heterocycles. The first-order valence-corrected chi connectivity index (χ1v) is 8.14. The van der Waals surface area contributed by atoms with E-state index in [1.165, 1.54) is 11.1 Å². The molecule has 2 aromatic carbocycles. The largest absolute Gasteiger partial charge is 0.497 e. The van der Waals surface area contributed by atoms with Crippen LogP contribution in [0.3, 0.4) is 0 Å². The molecule has 24 heavy (non-hydrogen) atoms. The van der Waals surface area contributed by atoms with Crippen molar-refractivity contribution in [2.75, 3.05) is 20.2 Å². The molecule has 2 heterocycles. The second kappa shape index (κ2) is 6.45. The molecule has 0 aliphatic carbocycles. The molecule has 0 atom stereocenters. The van der Waals surface area contributed by atoms with Gasteiger partial charge in [-0.2, -0.15) is 4.98 Å². The van der Waals surface area contributed by atoms with Gasteiger partial charge >= 0.3 is 0 Å². The van der Waals surface area contributed by atoms with Gasteiger partial charge in [-0.05, 0) is 73.5 Å². The van der Waals surface area contributed by atoms with Crippen molar-refractivity contribution in [2.45, 2.75) is 12.8 Å². The number of ether oxygens (including phenoxy) is 1. The minimum absolute atomic E-state index is 0.556. The third-order valence-electron chi connectivity index (χ3n) is 4.37.